The number of anilines is 1. The highest BCUT2D eigenvalue weighted by molar-refractivity contribution is 7.80. The van der Waals surface area contributed by atoms with Crippen molar-refractivity contribution in [2.24, 2.45) is 0 Å². The van der Waals surface area contributed by atoms with Crippen LogP contribution in [0.25, 0.3) is 0 Å². The van der Waals surface area contributed by atoms with E-state index in [1.54, 1.807) is 0 Å². The lowest BCUT2D eigenvalue weighted by Crippen LogP contribution is -2.44. The molecule has 0 aliphatic carbocycles. The average Bonchev–Trinajstić information content (AvgIpc) is 2.50. The van der Waals surface area contributed by atoms with Crippen molar-refractivity contribution in [3.63, 3.8) is 0 Å². The quantitative estimate of drug-likeness (QED) is 0.595. The Kier molecular flexibility index (Phi) is 5.68. The summed E-state index contributed by atoms with van der Waals surface area (Å²) in [5, 5.41) is 3.32. The van der Waals surface area contributed by atoms with E-state index in [1.165, 1.54) is 18.2 Å². The van der Waals surface area contributed by atoms with Crippen molar-refractivity contribution in [3.8, 4) is 0 Å². The molecule has 0 atom stereocenters. The predicted octanol–water partition coefficient (Wildman–Crippen LogP) is 3.04. The first-order valence-electron chi connectivity index (χ1n) is 6.40. The molecule has 0 saturated carbocycles. The van der Waals surface area contributed by atoms with Crippen LogP contribution < -0.4 is 16.2 Å². The number of carbonyl (C=O) groups excluding carboxylic acids is 1. The Bertz CT molecular complexity index is 661. The zero-order chi connectivity index (χ0) is 15.9. The van der Waals surface area contributed by atoms with Crippen LogP contribution in [0.2, 0.25) is 5.02 Å². The highest BCUT2D eigenvalue weighted by Crippen LogP contribution is 2.19. The summed E-state index contributed by atoms with van der Waals surface area (Å²) in [5.74, 6) is -0.975. The van der Waals surface area contributed by atoms with Gasteiger partial charge in [-0.15, -0.1) is 0 Å². The second-order valence-electron chi connectivity index (χ2n) is 4.37. The lowest BCUT2D eigenvalue weighted by atomic mass is 10.1. The molecule has 114 valence electrons. The molecule has 2 rings (SSSR count). The molecule has 1 amide bonds. The third-order valence-corrected chi connectivity index (χ3v) is 3.30. The minimum Gasteiger partial charge on any atom is -0.331 e. The monoisotopic (exact) mass is 337 g/mol. The molecular weight excluding hydrogens is 325 g/mol. The first-order valence-corrected chi connectivity index (χ1v) is 7.18. The maximum absolute atomic E-state index is 13.6. The van der Waals surface area contributed by atoms with Crippen LogP contribution in [0.15, 0.2) is 48.5 Å². The maximum atomic E-state index is 13.6. The summed E-state index contributed by atoms with van der Waals surface area (Å²) in [6.45, 7) is 0. The minimum atomic E-state index is -0.521. The topological polar surface area (TPSA) is 53.2 Å². The van der Waals surface area contributed by atoms with Crippen molar-refractivity contribution >= 4 is 40.5 Å². The summed E-state index contributed by atoms with van der Waals surface area (Å²) >= 11 is 10.9. The lowest BCUT2D eigenvalue weighted by molar-refractivity contribution is -0.121. The normalized spacial score (nSPS) is 9.91. The van der Waals surface area contributed by atoms with Crippen LogP contribution in [0.3, 0.4) is 0 Å². The Morgan fingerprint density at radius 1 is 1.09 bits per heavy atom. The van der Waals surface area contributed by atoms with E-state index >= 15 is 0 Å². The molecule has 0 bridgehead atoms. The number of carbonyl (C=O) groups is 1. The molecule has 0 aromatic heterocycles. The van der Waals surface area contributed by atoms with Crippen molar-refractivity contribution in [1.82, 2.24) is 10.9 Å². The van der Waals surface area contributed by atoms with E-state index < -0.39 is 11.7 Å². The maximum Gasteiger partial charge on any atom is 0.242 e. The Morgan fingerprint density at radius 2 is 1.82 bits per heavy atom. The third kappa shape index (κ3) is 4.68. The summed E-state index contributed by atoms with van der Waals surface area (Å²) in [6.07, 6.45) is -0.188. The number of hydrazine groups is 1. The molecule has 0 heterocycles. The average molecular weight is 338 g/mol. The van der Waals surface area contributed by atoms with Crippen LogP contribution in [0.1, 0.15) is 5.56 Å². The van der Waals surface area contributed by atoms with Crippen LogP contribution in [-0.2, 0) is 11.2 Å². The Balaban J connectivity index is 1.84. The number of hydrogen-bond acceptors (Lipinski definition) is 2. The van der Waals surface area contributed by atoms with Gasteiger partial charge in [-0.05, 0) is 36.5 Å². The molecule has 0 saturated heterocycles. The highest BCUT2D eigenvalue weighted by Gasteiger charge is 2.11. The van der Waals surface area contributed by atoms with Crippen LogP contribution in [0.4, 0.5) is 10.1 Å². The number of thiocarbonyl (C=S) groups is 1. The van der Waals surface area contributed by atoms with Gasteiger partial charge in [-0.2, -0.15) is 0 Å². The molecule has 0 spiro atoms. The molecule has 2 aromatic rings. The van der Waals surface area contributed by atoms with Crippen molar-refractivity contribution in [2.75, 3.05) is 5.32 Å². The van der Waals surface area contributed by atoms with Gasteiger partial charge >= 0.3 is 0 Å². The highest BCUT2D eigenvalue weighted by atomic mass is 35.5. The van der Waals surface area contributed by atoms with E-state index in [2.05, 4.69) is 16.2 Å². The van der Waals surface area contributed by atoms with Crippen molar-refractivity contribution in [2.45, 2.75) is 6.42 Å². The summed E-state index contributed by atoms with van der Waals surface area (Å²) < 4.78 is 13.6. The number of nitrogens with one attached hydrogen (secondary N) is 3. The van der Waals surface area contributed by atoms with Crippen LogP contribution in [-0.4, -0.2) is 11.0 Å². The summed E-state index contributed by atoms with van der Waals surface area (Å²) in [7, 11) is 0. The molecular formula is C15H13ClFN3OS. The van der Waals surface area contributed by atoms with Crippen LogP contribution in [0, 0.1) is 5.82 Å². The van der Waals surface area contributed by atoms with E-state index in [9.17, 15) is 9.18 Å². The first kappa shape index (κ1) is 16.2. The van der Waals surface area contributed by atoms with Gasteiger partial charge in [0.2, 0.25) is 5.91 Å². The van der Waals surface area contributed by atoms with Gasteiger partial charge in [0.05, 0.1) is 6.42 Å². The van der Waals surface area contributed by atoms with Gasteiger partial charge in [0, 0.05) is 16.3 Å². The van der Waals surface area contributed by atoms with Crippen molar-refractivity contribution in [1.29, 1.82) is 0 Å². The van der Waals surface area contributed by atoms with Gasteiger partial charge in [-0.1, -0.05) is 35.9 Å². The molecule has 4 nitrogen and oxygen atoms in total. The molecule has 0 radical (unpaired) electrons. The number of hydrogen-bond donors (Lipinski definition) is 3. The summed E-state index contributed by atoms with van der Waals surface area (Å²) in [5.41, 5.74) is 5.86. The number of rotatable bonds is 3. The summed E-state index contributed by atoms with van der Waals surface area (Å²) in [4.78, 5) is 11.8. The van der Waals surface area contributed by atoms with Crippen LogP contribution >= 0.6 is 23.8 Å². The third-order valence-electron chi connectivity index (χ3n) is 2.75. The Morgan fingerprint density at radius 3 is 2.50 bits per heavy atom. The molecule has 22 heavy (non-hydrogen) atoms. The number of para-hydroxylation sites is 1. The van der Waals surface area contributed by atoms with E-state index in [0.717, 1.165) is 5.69 Å². The van der Waals surface area contributed by atoms with E-state index in [1.807, 2.05) is 30.3 Å². The zero-order valence-corrected chi connectivity index (χ0v) is 13.0. The molecule has 0 fully saturated rings. The van der Waals surface area contributed by atoms with Gasteiger partial charge in [-0.25, -0.2) is 4.39 Å². The molecule has 2 aromatic carbocycles. The fourth-order valence-electron chi connectivity index (χ4n) is 1.72. The lowest BCUT2D eigenvalue weighted by Gasteiger charge is -2.12. The molecule has 0 aliphatic rings. The fraction of sp³-hybridized carbons (Fsp3) is 0.0667. The molecule has 3 N–H and O–H groups in total. The van der Waals surface area contributed by atoms with Crippen LogP contribution in [0.5, 0.6) is 0 Å². The molecule has 0 unspecified atom stereocenters. The minimum absolute atomic E-state index is 0.144. The largest absolute Gasteiger partial charge is 0.331 e. The first-order chi connectivity index (χ1) is 10.6. The number of amides is 1. The second kappa shape index (κ2) is 7.72. The van der Waals surface area contributed by atoms with Crippen molar-refractivity contribution in [3.05, 3.63) is 64.9 Å². The van der Waals surface area contributed by atoms with Gasteiger partial charge < -0.3 is 5.32 Å². The predicted molar refractivity (Wildman–Crippen MR) is 89.1 cm³/mol. The Labute approximate surface area is 137 Å². The van der Waals surface area contributed by atoms with Gasteiger partial charge in [0.15, 0.2) is 5.11 Å². The van der Waals surface area contributed by atoms with E-state index in [4.69, 9.17) is 23.8 Å². The smallest absolute Gasteiger partial charge is 0.242 e. The molecule has 0 aliphatic heterocycles. The van der Waals surface area contributed by atoms with Gasteiger partial charge in [-0.3, -0.25) is 15.6 Å². The van der Waals surface area contributed by atoms with Gasteiger partial charge in [0.1, 0.15) is 5.82 Å². The number of benzene rings is 2. The Hall–Kier alpha value is -2.18. The second-order valence-corrected chi connectivity index (χ2v) is 5.19. The van der Waals surface area contributed by atoms with Crippen molar-refractivity contribution < 1.29 is 9.18 Å². The van der Waals surface area contributed by atoms with Gasteiger partial charge in [0.25, 0.3) is 0 Å². The molecule has 7 heteroatoms. The SMILES string of the molecule is O=C(Cc1c(F)cccc1Cl)NNC(=S)Nc1ccccc1. The fourth-order valence-corrected chi connectivity index (χ4v) is 2.11. The zero-order valence-electron chi connectivity index (χ0n) is 11.4. The summed E-state index contributed by atoms with van der Waals surface area (Å²) in [6, 6.07) is 13.5. The standard InChI is InChI=1S/C15H13ClFN3OS/c16-12-7-4-8-13(17)11(12)9-14(21)19-20-15(22)18-10-5-2-1-3-6-10/h1-8H,9H2,(H,19,21)(H2,18,20,22). The van der Waals surface area contributed by atoms with E-state index in [-0.39, 0.29) is 22.1 Å². The van der Waals surface area contributed by atoms with E-state index in [0.29, 0.717) is 0 Å². The number of halogens is 2.